The van der Waals surface area contributed by atoms with Gasteiger partial charge >= 0.3 is 0 Å². The molecule has 5 nitrogen and oxygen atoms in total. The maximum atomic E-state index is 11.9. The van der Waals surface area contributed by atoms with E-state index in [1.165, 1.54) is 0 Å². The lowest BCUT2D eigenvalue weighted by atomic mass is 10.1. The summed E-state index contributed by atoms with van der Waals surface area (Å²) >= 11 is 6.08. The van der Waals surface area contributed by atoms with E-state index in [2.05, 4.69) is 5.10 Å². The Labute approximate surface area is 122 Å². The largest absolute Gasteiger partial charge is 0.375 e. The molecule has 1 atom stereocenters. The van der Waals surface area contributed by atoms with Gasteiger partial charge in [-0.15, -0.1) is 0 Å². The number of hydrogen-bond donors (Lipinski definition) is 1. The molecule has 0 aromatic carbocycles. The van der Waals surface area contributed by atoms with E-state index in [1.807, 2.05) is 19.0 Å². The molecule has 0 saturated heterocycles. The van der Waals surface area contributed by atoms with Crippen molar-refractivity contribution in [1.82, 2.24) is 14.7 Å². The van der Waals surface area contributed by atoms with Gasteiger partial charge in [-0.2, -0.15) is 5.10 Å². The smallest absolute Gasteiger partial charge is 0.261 e. The van der Waals surface area contributed by atoms with Crippen molar-refractivity contribution in [3.05, 3.63) is 16.9 Å². The minimum absolute atomic E-state index is 0.167. The van der Waals surface area contributed by atoms with Crippen LogP contribution in [0.25, 0.3) is 0 Å². The zero-order valence-electron chi connectivity index (χ0n) is 11.7. The summed E-state index contributed by atoms with van der Waals surface area (Å²) in [5, 5.41) is 4.67. The quantitative estimate of drug-likeness (QED) is 0.706. The van der Waals surface area contributed by atoms with Gasteiger partial charge in [0.2, 0.25) is 0 Å². The standard InChI is InChI=1S/C12H21ClF2N4O/c1-18(2)4-5-19-12(9(13)7-17-19)10(16)3-6-20-8-11(14)15/h7,10-11H,3-6,8,16H2,1-2H3. The predicted molar refractivity (Wildman–Crippen MR) is 74.2 cm³/mol. The highest BCUT2D eigenvalue weighted by Crippen LogP contribution is 2.23. The van der Waals surface area contributed by atoms with Crippen molar-refractivity contribution in [2.75, 3.05) is 33.9 Å². The van der Waals surface area contributed by atoms with Crippen molar-refractivity contribution in [2.45, 2.75) is 25.4 Å². The van der Waals surface area contributed by atoms with Gasteiger partial charge in [0.1, 0.15) is 6.61 Å². The molecule has 1 aromatic heterocycles. The first-order valence-electron chi connectivity index (χ1n) is 6.39. The maximum absolute atomic E-state index is 11.9. The van der Waals surface area contributed by atoms with Gasteiger partial charge in [-0.25, -0.2) is 8.78 Å². The second-order valence-corrected chi connectivity index (χ2v) is 5.17. The molecule has 1 aromatic rings. The van der Waals surface area contributed by atoms with Gasteiger partial charge in [-0.1, -0.05) is 11.6 Å². The van der Waals surface area contributed by atoms with Crippen LogP contribution in [0.4, 0.5) is 8.78 Å². The number of ether oxygens (including phenoxy) is 1. The number of alkyl halides is 2. The van der Waals surface area contributed by atoms with Crippen LogP contribution in [0.5, 0.6) is 0 Å². The number of nitrogens with zero attached hydrogens (tertiary/aromatic N) is 3. The Morgan fingerprint density at radius 2 is 2.20 bits per heavy atom. The number of aromatic nitrogens is 2. The lowest BCUT2D eigenvalue weighted by Gasteiger charge is -2.16. The average molecular weight is 311 g/mol. The zero-order valence-corrected chi connectivity index (χ0v) is 12.5. The molecule has 0 saturated carbocycles. The molecular formula is C12H21ClF2N4O. The number of halogens is 3. The molecule has 116 valence electrons. The van der Waals surface area contributed by atoms with Gasteiger partial charge in [0.15, 0.2) is 0 Å². The van der Waals surface area contributed by atoms with Crippen LogP contribution in [0.15, 0.2) is 6.20 Å². The minimum Gasteiger partial charge on any atom is -0.375 e. The molecule has 0 radical (unpaired) electrons. The van der Waals surface area contributed by atoms with Crippen LogP contribution in [-0.2, 0) is 11.3 Å². The van der Waals surface area contributed by atoms with E-state index in [9.17, 15) is 8.78 Å². The third-order valence-electron chi connectivity index (χ3n) is 2.76. The van der Waals surface area contributed by atoms with E-state index in [4.69, 9.17) is 22.1 Å². The molecule has 8 heteroatoms. The first kappa shape index (κ1) is 17.3. The highest BCUT2D eigenvalue weighted by molar-refractivity contribution is 6.31. The van der Waals surface area contributed by atoms with E-state index < -0.39 is 13.0 Å². The Kier molecular flexibility index (Phi) is 7.36. The van der Waals surface area contributed by atoms with Crippen LogP contribution in [0.1, 0.15) is 18.2 Å². The summed E-state index contributed by atoms with van der Waals surface area (Å²) in [4.78, 5) is 2.02. The second kappa shape index (κ2) is 8.51. The molecule has 1 unspecified atom stereocenters. The zero-order chi connectivity index (χ0) is 15.1. The second-order valence-electron chi connectivity index (χ2n) is 4.77. The van der Waals surface area contributed by atoms with Gasteiger partial charge in [-0.05, 0) is 20.5 Å². The van der Waals surface area contributed by atoms with Gasteiger partial charge < -0.3 is 15.4 Å². The van der Waals surface area contributed by atoms with Crippen LogP contribution in [-0.4, -0.2) is 55.0 Å². The highest BCUT2D eigenvalue weighted by atomic mass is 35.5. The molecule has 1 heterocycles. The number of hydrogen-bond acceptors (Lipinski definition) is 4. The number of rotatable bonds is 9. The van der Waals surface area contributed by atoms with E-state index >= 15 is 0 Å². The topological polar surface area (TPSA) is 56.3 Å². The first-order valence-corrected chi connectivity index (χ1v) is 6.77. The molecule has 0 bridgehead atoms. The van der Waals surface area contributed by atoms with Crippen LogP contribution >= 0.6 is 11.6 Å². The predicted octanol–water partition coefficient (Wildman–Crippen LogP) is 1.77. The van der Waals surface area contributed by atoms with E-state index in [0.29, 0.717) is 23.7 Å². The fourth-order valence-corrected chi connectivity index (χ4v) is 2.01. The van der Waals surface area contributed by atoms with Crippen molar-refractivity contribution in [3.63, 3.8) is 0 Å². The van der Waals surface area contributed by atoms with Crippen molar-refractivity contribution in [3.8, 4) is 0 Å². The fraction of sp³-hybridized carbons (Fsp3) is 0.750. The lowest BCUT2D eigenvalue weighted by molar-refractivity contribution is 0.0150. The van der Waals surface area contributed by atoms with Crippen molar-refractivity contribution in [2.24, 2.45) is 5.73 Å². The summed E-state index contributed by atoms with van der Waals surface area (Å²) < 4.78 is 30.5. The minimum atomic E-state index is -2.46. The third-order valence-corrected chi connectivity index (χ3v) is 3.05. The molecule has 0 fully saturated rings. The Balaban J connectivity index is 2.53. The first-order chi connectivity index (χ1) is 9.41. The summed E-state index contributed by atoms with van der Waals surface area (Å²) in [6.07, 6.45) is -0.493. The molecule has 0 aliphatic carbocycles. The normalized spacial score (nSPS) is 13.4. The molecule has 1 rings (SSSR count). The summed E-state index contributed by atoms with van der Waals surface area (Å²) in [5.41, 5.74) is 6.75. The van der Waals surface area contributed by atoms with Crippen molar-refractivity contribution < 1.29 is 13.5 Å². The summed E-state index contributed by atoms with van der Waals surface area (Å²) in [6, 6.07) is -0.384. The van der Waals surface area contributed by atoms with Gasteiger partial charge in [0.05, 0.1) is 29.5 Å². The molecular weight excluding hydrogens is 290 g/mol. The molecule has 0 amide bonds. The number of likely N-dealkylation sites (N-methyl/N-ethyl adjacent to an activating group) is 1. The Bertz CT molecular complexity index is 401. The van der Waals surface area contributed by atoms with Crippen LogP contribution in [0.2, 0.25) is 5.02 Å². The van der Waals surface area contributed by atoms with Crippen LogP contribution in [0.3, 0.4) is 0 Å². The van der Waals surface area contributed by atoms with E-state index in [-0.39, 0.29) is 12.6 Å². The summed E-state index contributed by atoms with van der Waals surface area (Å²) in [6.45, 7) is 1.07. The van der Waals surface area contributed by atoms with Gasteiger partial charge in [0.25, 0.3) is 6.43 Å². The third kappa shape index (κ3) is 5.70. The highest BCUT2D eigenvalue weighted by Gasteiger charge is 2.17. The van der Waals surface area contributed by atoms with Crippen molar-refractivity contribution in [1.29, 1.82) is 0 Å². The monoisotopic (exact) mass is 310 g/mol. The van der Waals surface area contributed by atoms with Crippen LogP contribution < -0.4 is 5.73 Å². The van der Waals surface area contributed by atoms with Crippen molar-refractivity contribution >= 4 is 11.6 Å². The summed E-state index contributed by atoms with van der Waals surface area (Å²) in [7, 11) is 3.92. The molecule has 2 N–H and O–H groups in total. The SMILES string of the molecule is CN(C)CCn1ncc(Cl)c1C(N)CCOCC(F)F. The van der Waals surface area contributed by atoms with Gasteiger partial charge in [0, 0.05) is 13.2 Å². The molecule has 20 heavy (non-hydrogen) atoms. The molecule has 0 spiro atoms. The van der Waals surface area contributed by atoms with Gasteiger partial charge in [-0.3, -0.25) is 4.68 Å². The Morgan fingerprint density at radius 3 is 2.80 bits per heavy atom. The van der Waals surface area contributed by atoms with E-state index in [1.54, 1.807) is 10.9 Å². The Morgan fingerprint density at radius 1 is 1.50 bits per heavy atom. The fourth-order valence-electron chi connectivity index (χ4n) is 1.73. The number of nitrogens with two attached hydrogens (primary N) is 1. The average Bonchev–Trinajstić information content (AvgIpc) is 2.73. The lowest BCUT2D eigenvalue weighted by Crippen LogP contribution is -2.24. The summed E-state index contributed by atoms with van der Waals surface area (Å²) in [5.74, 6) is 0. The Hall–Kier alpha value is -0.760. The molecule has 0 aliphatic rings. The van der Waals surface area contributed by atoms with Crippen LogP contribution in [0, 0.1) is 0 Å². The molecule has 0 aliphatic heterocycles. The maximum Gasteiger partial charge on any atom is 0.261 e. The van der Waals surface area contributed by atoms with E-state index in [0.717, 1.165) is 6.54 Å².